The summed E-state index contributed by atoms with van der Waals surface area (Å²) in [4.78, 5) is 38.3. The molecule has 0 saturated carbocycles. The molecule has 0 heterocycles. The Kier molecular flexibility index (Phi) is 58.7. The normalized spacial score (nSPS) is 12.5. The predicted octanol–water partition coefficient (Wildman–Crippen LogP) is 21.3. The van der Waals surface area contributed by atoms with E-state index < -0.39 is 6.10 Å². The summed E-state index contributed by atoms with van der Waals surface area (Å²) < 4.78 is 16.9. The highest BCUT2D eigenvalue weighted by Crippen LogP contribution is 2.16. The summed E-state index contributed by atoms with van der Waals surface area (Å²) in [6.07, 6.45) is 79.0. The zero-order valence-electron chi connectivity index (χ0n) is 48.4. The maximum atomic E-state index is 12.9. The van der Waals surface area contributed by atoms with Gasteiger partial charge in [-0.3, -0.25) is 14.4 Å². The van der Waals surface area contributed by atoms with Crippen LogP contribution in [0.15, 0.2) is 72.9 Å². The Hall–Kier alpha value is -3.15. The Morgan fingerprint density at radius 2 is 0.575 bits per heavy atom. The largest absolute Gasteiger partial charge is 0.462 e. The maximum Gasteiger partial charge on any atom is 0.306 e. The first kappa shape index (κ1) is 69.8. The quantitative estimate of drug-likeness (QED) is 0.0199. The molecule has 0 aliphatic carbocycles. The molecular formula is C67H118O6. The van der Waals surface area contributed by atoms with Gasteiger partial charge in [0.25, 0.3) is 0 Å². The number of esters is 3. The minimum atomic E-state index is -0.790. The van der Waals surface area contributed by atoms with E-state index in [2.05, 4.69) is 93.7 Å². The smallest absolute Gasteiger partial charge is 0.306 e. The van der Waals surface area contributed by atoms with Gasteiger partial charge < -0.3 is 14.2 Å². The van der Waals surface area contributed by atoms with Gasteiger partial charge >= 0.3 is 17.9 Å². The second-order valence-corrected chi connectivity index (χ2v) is 21.0. The summed E-state index contributed by atoms with van der Waals surface area (Å²) in [6.45, 7) is 6.54. The van der Waals surface area contributed by atoms with Crippen molar-refractivity contribution in [3.05, 3.63) is 72.9 Å². The van der Waals surface area contributed by atoms with E-state index in [-0.39, 0.29) is 31.1 Å². The van der Waals surface area contributed by atoms with Crippen LogP contribution in [-0.2, 0) is 28.6 Å². The molecule has 0 spiro atoms. The minimum absolute atomic E-state index is 0.0862. The molecule has 0 aromatic carbocycles. The zero-order valence-corrected chi connectivity index (χ0v) is 48.4. The molecule has 0 fully saturated rings. The Morgan fingerprint density at radius 3 is 0.932 bits per heavy atom. The van der Waals surface area contributed by atoms with Crippen LogP contribution in [0, 0.1) is 0 Å². The highest BCUT2D eigenvalue weighted by molar-refractivity contribution is 5.71. The predicted molar refractivity (Wildman–Crippen MR) is 316 cm³/mol. The molecule has 1 unspecified atom stereocenters. The molecule has 422 valence electrons. The third-order valence-corrected chi connectivity index (χ3v) is 13.7. The van der Waals surface area contributed by atoms with Crippen molar-refractivity contribution >= 4 is 17.9 Å². The molecule has 73 heavy (non-hydrogen) atoms. The van der Waals surface area contributed by atoms with Gasteiger partial charge in [0, 0.05) is 19.3 Å². The molecule has 6 heteroatoms. The Bertz CT molecular complexity index is 1360. The number of allylic oxidation sites excluding steroid dienone is 12. The molecule has 0 bridgehead atoms. The highest BCUT2D eigenvalue weighted by Gasteiger charge is 2.19. The number of rotatable bonds is 57. The molecule has 0 aromatic rings. The summed E-state index contributed by atoms with van der Waals surface area (Å²) in [5, 5.41) is 0. The van der Waals surface area contributed by atoms with Crippen molar-refractivity contribution < 1.29 is 28.6 Å². The average Bonchev–Trinajstić information content (AvgIpc) is 3.39. The molecular weight excluding hydrogens is 901 g/mol. The Balaban J connectivity index is 4.41. The third-order valence-electron chi connectivity index (χ3n) is 13.7. The molecule has 0 saturated heterocycles. The van der Waals surface area contributed by atoms with Gasteiger partial charge in [0.05, 0.1) is 0 Å². The lowest BCUT2D eigenvalue weighted by Crippen LogP contribution is -2.30. The van der Waals surface area contributed by atoms with Crippen molar-refractivity contribution in [2.24, 2.45) is 0 Å². The molecule has 0 N–H and O–H groups in total. The number of ether oxygens (including phenoxy) is 3. The van der Waals surface area contributed by atoms with Crippen LogP contribution in [0.2, 0.25) is 0 Å². The molecule has 0 aliphatic heterocycles. The van der Waals surface area contributed by atoms with Crippen LogP contribution in [0.1, 0.15) is 316 Å². The van der Waals surface area contributed by atoms with E-state index in [1.54, 1.807) is 0 Å². The summed E-state index contributed by atoms with van der Waals surface area (Å²) in [5.41, 5.74) is 0. The van der Waals surface area contributed by atoms with Gasteiger partial charge in [0.2, 0.25) is 0 Å². The Labute approximate surface area is 453 Å². The van der Waals surface area contributed by atoms with Gasteiger partial charge in [-0.15, -0.1) is 0 Å². The first-order chi connectivity index (χ1) is 36.0. The first-order valence-electron chi connectivity index (χ1n) is 31.5. The summed E-state index contributed by atoms with van der Waals surface area (Å²) in [5.74, 6) is -0.901. The number of carbonyl (C=O) groups is 3. The lowest BCUT2D eigenvalue weighted by molar-refractivity contribution is -0.167. The van der Waals surface area contributed by atoms with Gasteiger partial charge in [-0.1, -0.05) is 267 Å². The van der Waals surface area contributed by atoms with Crippen LogP contribution in [0.4, 0.5) is 0 Å². The monoisotopic (exact) mass is 1020 g/mol. The fourth-order valence-electron chi connectivity index (χ4n) is 8.97. The van der Waals surface area contributed by atoms with Crippen molar-refractivity contribution in [3.63, 3.8) is 0 Å². The summed E-state index contributed by atoms with van der Waals surface area (Å²) in [6, 6.07) is 0. The topological polar surface area (TPSA) is 78.9 Å². The molecule has 0 amide bonds. The van der Waals surface area contributed by atoms with Crippen molar-refractivity contribution in [2.75, 3.05) is 13.2 Å². The van der Waals surface area contributed by atoms with E-state index >= 15 is 0 Å². The second kappa shape index (κ2) is 61.4. The van der Waals surface area contributed by atoms with E-state index in [9.17, 15) is 14.4 Å². The van der Waals surface area contributed by atoms with Gasteiger partial charge in [-0.2, -0.15) is 0 Å². The van der Waals surface area contributed by atoms with E-state index in [1.165, 1.54) is 173 Å². The first-order valence-corrected chi connectivity index (χ1v) is 31.5. The number of hydrogen-bond donors (Lipinski definition) is 0. The SMILES string of the molecule is CC/C=C\C/C=C\C/C=C\CCCCCCCCCCCC(=O)OCC(COC(=O)CCCCCCC/C=C\CCCCCCCCCCC)OC(=O)CCCCCCC/C=C\C=C/CCCCCCCCC. The van der Waals surface area contributed by atoms with Crippen LogP contribution in [0.5, 0.6) is 0 Å². The van der Waals surface area contributed by atoms with E-state index in [0.29, 0.717) is 19.3 Å². The molecule has 1 atom stereocenters. The van der Waals surface area contributed by atoms with Gasteiger partial charge in [0.1, 0.15) is 13.2 Å². The lowest BCUT2D eigenvalue weighted by atomic mass is 10.1. The lowest BCUT2D eigenvalue weighted by Gasteiger charge is -2.18. The standard InChI is InChI=1S/C67H118O6/c1-4-7-10-13-16-19-22-25-28-31-34-37-39-42-45-48-51-54-57-60-66(69)72-63-64(73-67(70)61-58-55-52-49-46-43-40-36-33-30-27-24-21-18-15-12-9-6-3)62-71-65(68)59-56-53-50-47-44-41-38-35-32-29-26-23-20-17-14-11-8-5-2/h7,10,16,19,25,28,30,33,35-36,38,40,64H,4-6,8-9,11-15,17-18,20-24,26-27,29,31-32,34,37,39,41-63H2,1-3H3/b10-7-,19-16-,28-25-,33-30-,38-35-,40-36-. The molecule has 0 radical (unpaired) electrons. The fourth-order valence-corrected chi connectivity index (χ4v) is 8.97. The highest BCUT2D eigenvalue weighted by atomic mass is 16.6. The van der Waals surface area contributed by atoms with Crippen LogP contribution >= 0.6 is 0 Å². The second-order valence-electron chi connectivity index (χ2n) is 21.0. The van der Waals surface area contributed by atoms with E-state index in [0.717, 1.165) is 103 Å². The van der Waals surface area contributed by atoms with E-state index in [1.807, 2.05) is 0 Å². The van der Waals surface area contributed by atoms with Crippen molar-refractivity contribution in [3.8, 4) is 0 Å². The van der Waals surface area contributed by atoms with Gasteiger partial charge in [-0.25, -0.2) is 0 Å². The number of unbranched alkanes of at least 4 members (excludes halogenated alkanes) is 35. The fraction of sp³-hybridized carbons (Fsp3) is 0.776. The maximum absolute atomic E-state index is 12.9. The van der Waals surface area contributed by atoms with Crippen LogP contribution in [-0.4, -0.2) is 37.2 Å². The van der Waals surface area contributed by atoms with Crippen LogP contribution in [0.3, 0.4) is 0 Å². The van der Waals surface area contributed by atoms with E-state index in [4.69, 9.17) is 14.2 Å². The molecule has 6 nitrogen and oxygen atoms in total. The minimum Gasteiger partial charge on any atom is -0.462 e. The number of hydrogen-bond acceptors (Lipinski definition) is 6. The van der Waals surface area contributed by atoms with Gasteiger partial charge in [-0.05, 0) is 103 Å². The molecule has 0 aliphatic rings. The van der Waals surface area contributed by atoms with Crippen LogP contribution < -0.4 is 0 Å². The van der Waals surface area contributed by atoms with Crippen molar-refractivity contribution in [1.29, 1.82) is 0 Å². The number of carbonyl (C=O) groups excluding carboxylic acids is 3. The van der Waals surface area contributed by atoms with Crippen LogP contribution in [0.25, 0.3) is 0 Å². The molecule has 0 aromatic heterocycles. The Morgan fingerprint density at radius 1 is 0.301 bits per heavy atom. The third kappa shape index (κ3) is 59.6. The summed E-state index contributed by atoms with van der Waals surface area (Å²) >= 11 is 0. The average molecular weight is 1020 g/mol. The van der Waals surface area contributed by atoms with Gasteiger partial charge in [0.15, 0.2) is 6.10 Å². The molecule has 0 rings (SSSR count). The van der Waals surface area contributed by atoms with Crippen molar-refractivity contribution in [1.82, 2.24) is 0 Å². The summed E-state index contributed by atoms with van der Waals surface area (Å²) in [7, 11) is 0. The van der Waals surface area contributed by atoms with Crippen molar-refractivity contribution in [2.45, 2.75) is 322 Å². The zero-order chi connectivity index (χ0) is 52.9.